The van der Waals surface area contributed by atoms with Gasteiger partial charge in [-0.15, -0.1) is 0 Å². The van der Waals surface area contributed by atoms with Crippen molar-refractivity contribution in [3.05, 3.63) is 211 Å². The first-order valence-corrected chi connectivity index (χ1v) is 20.2. The predicted octanol–water partition coefficient (Wildman–Crippen LogP) is 14.8. The molecule has 0 saturated carbocycles. The third-order valence-corrected chi connectivity index (χ3v) is 11.5. The summed E-state index contributed by atoms with van der Waals surface area (Å²) in [5.74, 6) is 1.91. The van der Waals surface area contributed by atoms with Crippen LogP contribution in [-0.4, -0.2) is 15.0 Å². The fourth-order valence-corrected chi connectivity index (χ4v) is 8.55. The Labute approximate surface area is 343 Å². The van der Waals surface area contributed by atoms with Crippen molar-refractivity contribution in [2.75, 3.05) is 0 Å². The summed E-state index contributed by atoms with van der Waals surface area (Å²) in [6.45, 7) is 0. The average Bonchev–Trinajstić information content (AvgIpc) is 3.57. The number of hydrogen-bond donors (Lipinski definition) is 0. The number of aromatic nitrogens is 3. The van der Waals surface area contributed by atoms with Crippen molar-refractivity contribution in [1.29, 1.82) is 0 Å². The van der Waals surface area contributed by atoms with Gasteiger partial charge in [-0.3, -0.25) is 0 Å². The Morgan fingerprint density at radius 3 is 1.66 bits per heavy atom. The highest BCUT2D eigenvalue weighted by Crippen LogP contribution is 2.40. The largest absolute Gasteiger partial charge is 0.208 e. The molecule has 3 nitrogen and oxygen atoms in total. The molecule has 11 rings (SSSR count). The number of hydrogen-bond acceptors (Lipinski definition) is 3. The predicted molar refractivity (Wildman–Crippen MR) is 248 cm³/mol. The van der Waals surface area contributed by atoms with Crippen LogP contribution in [0, 0.1) is 0 Å². The Morgan fingerprint density at radius 1 is 0.322 bits per heavy atom. The molecule has 1 aromatic heterocycles. The molecule has 59 heavy (non-hydrogen) atoms. The summed E-state index contributed by atoms with van der Waals surface area (Å²) >= 11 is 0. The average molecular weight is 752 g/mol. The molecule has 1 heterocycles. The van der Waals surface area contributed by atoms with Crippen molar-refractivity contribution in [3.63, 3.8) is 0 Å². The smallest absolute Gasteiger partial charge is 0.165 e. The molecule has 1 aliphatic rings. The molecule has 0 fully saturated rings. The second kappa shape index (κ2) is 14.6. The fraction of sp³-hybridized carbons (Fsp3) is 0.0179. The highest BCUT2D eigenvalue weighted by atomic mass is 15.0. The lowest BCUT2D eigenvalue weighted by atomic mass is 9.91. The van der Waals surface area contributed by atoms with Crippen molar-refractivity contribution in [2.45, 2.75) is 6.42 Å². The van der Waals surface area contributed by atoms with Gasteiger partial charge < -0.3 is 0 Å². The van der Waals surface area contributed by atoms with Crippen LogP contribution >= 0.6 is 0 Å². The number of rotatable bonds is 6. The first-order chi connectivity index (χ1) is 29.2. The number of fused-ring (bicyclic) bond motifs is 5. The molecule has 0 spiro atoms. The lowest BCUT2D eigenvalue weighted by Crippen LogP contribution is -2.03. The minimum atomic E-state index is 0.632. The highest BCUT2D eigenvalue weighted by molar-refractivity contribution is 6.14. The molecular weight excluding hydrogens is 715 g/mol. The molecule has 276 valence electrons. The Bertz CT molecular complexity index is 3270. The molecule has 0 amide bonds. The normalized spacial score (nSPS) is 12.2. The lowest BCUT2D eigenvalue weighted by Gasteiger charge is -2.17. The summed E-state index contributed by atoms with van der Waals surface area (Å²) in [5.41, 5.74) is 12.0. The molecule has 1 aliphatic carbocycles. The zero-order valence-electron chi connectivity index (χ0n) is 32.3. The van der Waals surface area contributed by atoms with E-state index in [9.17, 15) is 0 Å². The molecule has 10 aromatic rings. The van der Waals surface area contributed by atoms with Crippen LogP contribution < -0.4 is 0 Å². The Kier molecular flexibility index (Phi) is 8.56. The summed E-state index contributed by atoms with van der Waals surface area (Å²) in [7, 11) is 0. The van der Waals surface area contributed by atoms with E-state index in [1.165, 1.54) is 38.2 Å². The molecule has 9 aromatic carbocycles. The van der Waals surface area contributed by atoms with Gasteiger partial charge in [0.2, 0.25) is 0 Å². The van der Waals surface area contributed by atoms with Gasteiger partial charge in [0.25, 0.3) is 0 Å². The van der Waals surface area contributed by atoms with Crippen LogP contribution in [0.2, 0.25) is 0 Å². The van der Waals surface area contributed by atoms with E-state index in [1.807, 2.05) is 6.07 Å². The first kappa shape index (κ1) is 34.5. The summed E-state index contributed by atoms with van der Waals surface area (Å²) in [5, 5.41) is 7.32. The van der Waals surface area contributed by atoms with Crippen molar-refractivity contribution >= 4 is 44.5 Å². The molecule has 0 aliphatic heterocycles. The van der Waals surface area contributed by atoms with Gasteiger partial charge in [-0.25, -0.2) is 15.0 Å². The van der Waals surface area contributed by atoms with Crippen LogP contribution in [0.3, 0.4) is 0 Å². The highest BCUT2D eigenvalue weighted by Gasteiger charge is 2.21. The minimum absolute atomic E-state index is 0.632. The van der Waals surface area contributed by atoms with Crippen LogP contribution in [0.25, 0.3) is 112 Å². The van der Waals surface area contributed by atoms with Crippen LogP contribution in [0.5, 0.6) is 0 Å². The van der Waals surface area contributed by atoms with E-state index in [4.69, 9.17) is 15.0 Å². The van der Waals surface area contributed by atoms with E-state index in [0.29, 0.717) is 17.5 Å². The van der Waals surface area contributed by atoms with Gasteiger partial charge in [-0.1, -0.05) is 194 Å². The van der Waals surface area contributed by atoms with Crippen molar-refractivity contribution < 1.29 is 0 Å². The lowest BCUT2D eigenvalue weighted by molar-refractivity contribution is 1.07. The van der Waals surface area contributed by atoms with Crippen molar-refractivity contribution in [1.82, 2.24) is 15.0 Å². The van der Waals surface area contributed by atoms with Crippen molar-refractivity contribution in [2.24, 2.45) is 0 Å². The van der Waals surface area contributed by atoms with Crippen LogP contribution in [0.1, 0.15) is 17.5 Å². The maximum absolute atomic E-state index is 5.34. The molecule has 0 unspecified atom stereocenters. The standard InChI is InChI=1S/C56H37N3/c1-4-14-37(15-5-1)38-24-26-41(27-25-38)54-57-55(59-56(58-54)53-48-21-9-3-8-18-40(48)32-33-49(53)39-16-6-2-7-17-39)46-31-29-42-34-45(30-28-43(42)35-46)52-36-44-19-10-11-20-47(44)50-22-12-13-23-51(50)52/h1-2,4-36H,3H2. The molecule has 3 heteroatoms. The Hall–Kier alpha value is -7.75. The van der Waals surface area contributed by atoms with Crippen LogP contribution in [-0.2, 0) is 0 Å². The summed E-state index contributed by atoms with van der Waals surface area (Å²) < 4.78 is 0. The van der Waals surface area contributed by atoms with Gasteiger partial charge in [0, 0.05) is 16.7 Å². The van der Waals surface area contributed by atoms with E-state index in [2.05, 4.69) is 206 Å². The fourth-order valence-electron chi connectivity index (χ4n) is 8.55. The van der Waals surface area contributed by atoms with Gasteiger partial charge in [-0.05, 0) is 101 Å². The molecule has 0 bridgehead atoms. The van der Waals surface area contributed by atoms with E-state index < -0.39 is 0 Å². The molecule has 0 N–H and O–H groups in total. The second-order valence-corrected chi connectivity index (χ2v) is 15.1. The van der Waals surface area contributed by atoms with Gasteiger partial charge >= 0.3 is 0 Å². The van der Waals surface area contributed by atoms with Gasteiger partial charge in [-0.2, -0.15) is 0 Å². The topological polar surface area (TPSA) is 38.7 Å². The summed E-state index contributed by atoms with van der Waals surface area (Å²) in [6.07, 6.45) is 9.71. The first-order valence-electron chi connectivity index (χ1n) is 20.2. The minimum Gasteiger partial charge on any atom is -0.208 e. The zero-order valence-corrected chi connectivity index (χ0v) is 32.3. The number of benzene rings is 9. The SMILES string of the molecule is C1=Cc2ccc(-c3ccccc3)c(-c3nc(-c4ccc(-c5ccccc5)cc4)nc(-c4ccc5cc(-c6cc7ccccc7c7ccccc67)ccc5c4)n3)c2C=CC1. The van der Waals surface area contributed by atoms with Crippen molar-refractivity contribution in [3.8, 4) is 67.5 Å². The van der Waals surface area contributed by atoms with E-state index in [0.717, 1.165) is 61.7 Å². The molecular formula is C56H37N3. The maximum atomic E-state index is 5.34. The van der Waals surface area contributed by atoms with E-state index in [-0.39, 0.29) is 0 Å². The summed E-state index contributed by atoms with van der Waals surface area (Å²) in [6, 6.07) is 67.0. The van der Waals surface area contributed by atoms with E-state index >= 15 is 0 Å². The second-order valence-electron chi connectivity index (χ2n) is 15.1. The van der Waals surface area contributed by atoms with Crippen LogP contribution in [0.15, 0.2) is 200 Å². The molecule has 0 atom stereocenters. The maximum Gasteiger partial charge on any atom is 0.165 e. The molecule has 0 radical (unpaired) electrons. The summed E-state index contributed by atoms with van der Waals surface area (Å²) in [4.78, 5) is 15.9. The monoisotopic (exact) mass is 751 g/mol. The Morgan fingerprint density at radius 2 is 0.881 bits per heavy atom. The number of allylic oxidation sites excluding steroid dienone is 2. The van der Waals surface area contributed by atoms with Gasteiger partial charge in [0.15, 0.2) is 17.5 Å². The van der Waals surface area contributed by atoms with Crippen LogP contribution in [0.4, 0.5) is 0 Å². The molecule has 0 saturated heterocycles. The number of nitrogens with zero attached hydrogens (tertiary/aromatic N) is 3. The Balaban J connectivity index is 1.08. The van der Waals surface area contributed by atoms with E-state index in [1.54, 1.807) is 0 Å². The van der Waals surface area contributed by atoms with Gasteiger partial charge in [0.05, 0.1) is 0 Å². The zero-order chi connectivity index (χ0) is 39.1. The quantitative estimate of drug-likeness (QED) is 0.159. The van der Waals surface area contributed by atoms with Gasteiger partial charge in [0.1, 0.15) is 0 Å². The third-order valence-electron chi connectivity index (χ3n) is 11.5. The third kappa shape index (κ3) is 6.40.